The Bertz CT molecular complexity index is 1280. The maximum atomic E-state index is 14.3. The van der Waals surface area contributed by atoms with Gasteiger partial charge in [0.2, 0.25) is 17.4 Å². The number of alkyl halides is 3. The summed E-state index contributed by atoms with van der Waals surface area (Å²) in [6.45, 7) is -0.604. The molecule has 1 aromatic carbocycles. The molecule has 4 rings (SSSR count). The first-order chi connectivity index (χ1) is 15.5. The summed E-state index contributed by atoms with van der Waals surface area (Å²) in [6.07, 6.45) is -4.96. The van der Waals surface area contributed by atoms with Crippen LogP contribution in [0.1, 0.15) is 18.4 Å². The van der Waals surface area contributed by atoms with Crippen LogP contribution in [-0.2, 0) is 19.9 Å². The largest absolute Gasteiger partial charge is 0.425 e. The zero-order valence-corrected chi connectivity index (χ0v) is 16.6. The van der Waals surface area contributed by atoms with E-state index in [1.54, 1.807) is 10.3 Å². The number of rotatable bonds is 4. The number of carbonyl (C=O) groups is 3. The second-order valence-corrected chi connectivity index (χ2v) is 7.46. The number of anilines is 1. The van der Waals surface area contributed by atoms with E-state index in [1.165, 1.54) is 0 Å². The molecule has 3 amide bonds. The van der Waals surface area contributed by atoms with E-state index in [9.17, 15) is 41.5 Å². The monoisotopic (exact) mass is 469 g/mol. The van der Waals surface area contributed by atoms with Crippen molar-refractivity contribution in [1.29, 1.82) is 0 Å². The lowest BCUT2D eigenvalue weighted by molar-refractivity contribution is -0.200. The molecule has 0 aliphatic carbocycles. The van der Waals surface area contributed by atoms with E-state index >= 15 is 0 Å². The normalized spacial score (nSPS) is 20.1. The maximum absolute atomic E-state index is 14.3. The van der Waals surface area contributed by atoms with Gasteiger partial charge in [-0.15, -0.1) is 0 Å². The molecule has 0 radical (unpaired) electrons. The van der Waals surface area contributed by atoms with Crippen molar-refractivity contribution in [2.45, 2.75) is 24.6 Å². The summed E-state index contributed by atoms with van der Waals surface area (Å²) >= 11 is 0. The van der Waals surface area contributed by atoms with E-state index < -0.39 is 64.4 Å². The number of aromatic nitrogens is 2. The van der Waals surface area contributed by atoms with Gasteiger partial charge in [0.1, 0.15) is 17.2 Å². The van der Waals surface area contributed by atoms with Gasteiger partial charge in [-0.3, -0.25) is 24.2 Å². The Hall–Kier alpha value is -3.97. The highest BCUT2D eigenvalue weighted by molar-refractivity contribution is 6.08. The molecule has 0 saturated carbocycles. The fourth-order valence-corrected chi connectivity index (χ4v) is 3.91. The molecule has 33 heavy (non-hydrogen) atoms. The molecule has 1 aromatic heterocycles. The van der Waals surface area contributed by atoms with E-state index in [1.807, 2.05) is 5.32 Å². The van der Waals surface area contributed by atoms with Crippen LogP contribution >= 0.6 is 0 Å². The topological polar surface area (TPSA) is 133 Å². The number of hydrogen-bond donors (Lipinski definition) is 3. The van der Waals surface area contributed by atoms with Crippen LogP contribution in [0.4, 0.5) is 23.4 Å². The van der Waals surface area contributed by atoms with Crippen LogP contribution in [0.5, 0.6) is 0 Å². The second kappa shape index (κ2) is 7.56. The molecule has 0 bridgehead atoms. The number of benzene rings is 1. The lowest BCUT2D eigenvalue weighted by Crippen LogP contribution is -2.63. The molecule has 1 atom stereocenters. The molecule has 3 heterocycles. The minimum Gasteiger partial charge on any atom is -0.333 e. The van der Waals surface area contributed by atoms with Crippen molar-refractivity contribution in [3.63, 3.8) is 0 Å². The third kappa shape index (κ3) is 3.47. The van der Waals surface area contributed by atoms with E-state index in [0.29, 0.717) is 11.0 Å². The zero-order valence-electron chi connectivity index (χ0n) is 16.6. The molecule has 1 fully saturated rings. The Morgan fingerprint density at radius 1 is 1.12 bits per heavy atom. The van der Waals surface area contributed by atoms with Crippen molar-refractivity contribution in [2.24, 2.45) is 0 Å². The number of likely N-dealkylation sites (tertiary alicyclic amines) is 1. The summed E-state index contributed by atoms with van der Waals surface area (Å²) in [5.41, 5.74) is -7.99. The van der Waals surface area contributed by atoms with Crippen molar-refractivity contribution >= 4 is 23.5 Å². The van der Waals surface area contributed by atoms with Crippen molar-refractivity contribution in [1.82, 2.24) is 19.8 Å². The first-order valence-electron chi connectivity index (χ1n) is 9.58. The van der Waals surface area contributed by atoms with Gasteiger partial charge in [0.25, 0.3) is 11.5 Å². The molecule has 2 aromatic rings. The van der Waals surface area contributed by atoms with Crippen LogP contribution in [0, 0.1) is 5.82 Å². The van der Waals surface area contributed by atoms with E-state index in [4.69, 9.17) is 0 Å². The first kappa shape index (κ1) is 22.2. The number of hydrogen-bond acceptors (Lipinski definition) is 5. The molecule has 0 spiro atoms. The predicted octanol–water partition coefficient (Wildman–Crippen LogP) is 0.113. The summed E-state index contributed by atoms with van der Waals surface area (Å²) in [7, 11) is 0. The number of amides is 3. The molecule has 14 heteroatoms. The van der Waals surface area contributed by atoms with E-state index in [0.717, 1.165) is 29.2 Å². The van der Waals surface area contributed by atoms with Crippen LogP contribution in [-0.4, -0.2) is 51.4 Å². The Kier molecular flexibility index (Phi) is 5.10. The van der Waals surface area contributed by atoms with Gasteiger partial charge >= 0.3 is 11.9 Å². The number of H-pyrrole nitrogens is 1. The highest BCUT2D eigenvalue weighted by atomic mass is 19.4. The van der Waals surface area contributed by atoms with Crippen LogP contribution in [0.15, 0.2) is 33.9 Å². The molecule has 174 valence electrons. The average Bonchev–Trinajstić information content (AvgIpc) is 3.24. The maximum Gasteiger partial charge on any atom is 0.425 e. The second-order valence-electron chi connectivity index (χ2n) is 7.46. The Morgan fingerprint density at radius 3 is 2.36 bits per heavy atom. The molecule has 0 unspecified atom stereocenters. The van der Waals surface area contributed by atoms with E-state index in [2.05, 4.69) is 0 Å². The third-order valence-electron chi connectivity index (χ3n) is 5.40. The standard InChI is InChI=1S/C19H15F4N5O5/c20-9-3-5-10(6-4-9)28-14-13(15(31)25-17(28)33)18(16(32)24-14,19(21,22)23)26-11(29)8-27-7-1-2-12(27)30/h3-6H,1-2,7-8H2,(H,24,32)(H,26,29)(H,25,31,33)/t18-/m1/s1. The number of nitrogens with zero attached hydrogens (tertiary/aromatic N) is 2. The first-order valence-corrected chi connectivity index (χ1v) is 9.58. The van der Waals surface area contributed by atoms with Crippen molar-refractivity contribution in [2.75, 3.05) is 18.4 Å². The SMILES string of the molecule is O=C(CN1CCCC1=O)N[C@@]1(C(F)(F)F)C(=O)Nc2c1c(=O)[nH]c(=O)n2-c1ccc(F)cc1. The predicted molar refractivity (Wildman–Crippen MR) is 103 cm³/mol. The van der Waals surface area contributed by atoms with Crippen LogP contribution in [0.2, 0.25) is 0 Å². The fourth-order valence-electron chi connectivity index (χ4n) is 3.91. The van der Waals surface area contributed by atoms with E-state index in [-0.39, 0.29) is 18.7 Å². The van der Waals surface area contributed by atoms with Crippen LogP contribution in [0.25, 0.3) is 5.69 Å². The summed E-state index contributed by atoms with van der Waals surface area (Å²) in [6, 6.07) is 3.93. The fraction of sp³-hybridized carbons (Fsp3) is 0.316. The van der Waals surface area contributed by atoms with Gasteiger partial charge in [-0.05, 0) is 30.7 Å². The molecule has 1 saturated heterocycles. The van der Waals surface area contributed by atoms with Gasteiger partial charge < -0.3 is 15.5 Å². The molecule has 3 N–H and O–H groups in total. The summed E-state index contributed by atoms with van der Waals surface area (Å²) in [4.78, 5) is 64.5. The smallest absolute Gasteiger partial charge is 0.333 e. The lowest BCUT2D eigenvalue weighted by atomic mass is 9.92. The van der Waals surface area contributed by atoms with Gasteiger partial charge in [-0.25, -0.2) is 13.8 Å². The molecule has 10 nitrogen and oxygen atoms in total. The Morgan fingerprint density at radius 2 is 1.79 bits per heavy atom. The minimum absolute atomic E-state index is 0.130. The lowest BCUT2D eigenvalue weighted by Gasteiger charge is -2.30. The quantitative estimate of drug-likeness (QED) is 0.547. The number of aromatic amines is 1. The van der Waals surface area contributed by atoms with Gasteiger partial charge in [0.15, 0.2) is 0 Å². The van der Waals surface area contributed by atoms with Gasteiger partial charge in [-0.2, -0.15) is 13.2 Å². The van der Waals surface area contributed by atoms with Crippen LogP contribution < -0.4 is 21.9 Å². The van der Waals surface area contributed by atoms with Crippen molar-refractivity contribution in [3.8, 4) is 5.69 Å². The zero-order chi connectivity index (χ0) is 24.1. The number of nitrogens with one attached hydrogen (secondary N) is 3. The number of carbonyl (C=O) groups excluding carboxylic acids is 3. The third-order valence-corrected chi connectivity index (χ3v) is 5.40. The van der Waals surface area contributed by atoms with Crippen molar-refractivity contribution in [3.05, 3.63) is 56.5 Å². The molecular formula is C19H15F4N5O5. The molecular weight excluding hydrogens is 454 g/mol. The summed E-state index contributed by atoms with van der Waals surface area (Å²) in [5.74, 6) is -5.12. The highest BCUT2D eigenvalue weighted by Gasteiger charge is 2.68. The number of fused-ring (bicyclic) bond motifs is 1. The summed E-state index contributed by atoms with van der Waals surface area (Å²) in [5, 5.41) is 3.43. The average molecular weight is 469 g/mol. The minimum atomic E-state index is -5.51. The van der Waals surface area contributed by atoms with Crippen molar-refractivity contribution < 1.29 is 31.9 Å². The number of halogens is 4. The van der Waals surface area contributed by atoms with Gasteiger partial charge in [0, 0.05) is 13.0 Å². The molecule has 2 aliphatic heterocycles. The van der Waals surface area contributed by atoms with Gasteiger partial charge in [-0.1, -0.05) is 0 Å². The Balaban J connectivity index is 1.87. The highest BCUT2D eigenvalue weighted by Crippen LogP contribution is 2.45. The molecule has 2 aliphatic rings. The summed E-state index contributed by atoms with van der Waals surface area (Å²) < 4.78 is 56.8. The van der Waals surface area contributed by atoms with Gasteiger partial charge in [0.05, 0.1) is 12.2 Å². The van der Waals surface area contributed by atoms with Crippen LogP contribution in [0.3, 0.4) is 0 Å². The Labute approximate surface area is 181 Å².